The predicted octanol–water partition coefficient (Wildman–Crippen LogP) is 6.77. The topological polar surface area (TPSA) is 75.7 Å². The fourth-order valence-corrected chi connectivity index (χ4v) is 5.13. The van der Waals surface area contributed by atoms with Gasteiger partial charge in [0.05, 0.1) is 15.9 Å². The number of aryl methyl sites for hydroxylation is 1. The van der Waals surface area contributed by atoms with Crippen LogP contribution in [0.2, 0.25) is 0 Å². The predicted molar refractivity (Wildman–Crippen MR) is 145 cm³/mol. The molecule has 1 fully saturated rings. The third-order valence-electron chi connectivity index (χ3n) is 5.07. The van der Waals surface area contributed by atoms with Gasteiger partial charge in [-0.3, -0.25) is 19.3 Å². The molecule has 9 heteroatoms. The van der Waals surface area contributed by atoms with E-state index in [1.807, 2.05) is 55.5 Å². The smallest absolute Gasteiger partial charge is 0.293 e. The molecule has 1 heterocycles. The van der Waals surface area contributed by atoms with Crippen molar-refractivity contribution >= 4 is 72.4 Å². The van der Waals surface area contributed by atoms with Crippen molar-refractivity contribution < 1.29 is 19.1 Å². The zero-order valence-corrected chi connectivity index (χ0v) is 22.6. The summed E-state index contributed by atoms with van der Waals surface area (Å²) in [6.45, 7) is 2.00. The van der Waals surface area contributed by atoms with Gasteiger partial charge in [-0.05, 0) is 87.7 Å². The molecule has 4 rings (SSSR count). The Morgan fingerprint density at radius 3 is 2.57 bits per heavy atom. The molecule has 0 aromatic heterocycles. The van der Waals surface area contributed by atoms with Crippen LogP contribution in [0.1, 0.15) is 16.7 Å². The molecule has 0 atom stereocenters. The summed E-state index contributed by atoms with van der Waals surface area (Å²) in [5.41, 5.74) is 3.33. The number of benzene rings is 3. The van der Waals surface area contributed by atoms with Gasteiger partial charge in [-0.1, -0.05) is 52.3 Å². The first-order valence-electron chi connectivity index (χ1n) is 10.6. The van der Waals surface area contributed by atoms with Crippen molar-refractivity contribution in [3.8, 4) is 5.75 Å². The van der Waals surface area contributed by atoms with Gasteiger partial charge < -0.3 is 10.1 Å². The third-order valence-corrected chi connectivity index (χ3v) is 7.37. The van der Waals surface area contributed by atoms with Gasteiger partial charge in [-0.15, -0.1) is 0 Å². The number of ether oxygens (including phenoxy) is 1. The molecule has 0 saturated carbocycles. The molecule has 6 nitrogen and oxygen atoms in total. The first kappa shape index (κ1) is 25.2. The molecule has 178 valence electrons. The Labute approximate surface area is 224 Å². The highest BCUT2D eigenvalue weighted by Gasteiger charge is 2.35. The average Bonchev–Trinajstić information content (AvgIpc) is 3.07. The Hall–Kier alpha value is -2.88. The van der Waals surface area contributed by atoms with Gasteiger partial charge in [0.25, 0.3) is 17.1 Å². The molecule has 0 bridgehead atoms. The van der Waals surface area contributed by atoms with Crippen LogP contribution in [0.15, 0.2) is 80.6 Å². The second kappa shape index (κ2) is 11.2. The third kappa shape index (κ3) is 6.42. The molecule has 1 aliphatic heterocycles. The van der Waals surface area contributed by atoms with E-state index in [4.69, 9.17) is 4.74 Å². The summed E-state index contributed by atoms with van der Waals surface area (Å²) >= 11 is 7.82. The normalized spacial score (nSPS) is 14.5. The number of hydrogen-bond acceptors (Lipinski definition) is 5. The van der Waals surface area contributed by atoms with Crippen LogP contribution in [0, 0.1) is 6.92 Å². The van der Waals surface area contributed by atoms with E-state index in [1.165, 1.54) is 4.90 Å². The molecule has 3 aromatic rings. The minimum atomic E-state index is -0.333. The lowest BCUT2D eigenvalue weighted by Gasteiger charge is -2.13. The van der Waals surface area contributed by atoms with Gasteiger partial charge in [-0.2, -0.15) is 0 Å². The molecular weight excluding hydrogens is 596 g/mol. The maximum absolute atomic E-state index is 12.9. The average molecular weight is 616 g/mol. The molecule has 0 aliphatic carbocycles. The zero-order chi connectivity index (χ0) is 24.9. The maximum Gasteiger partial charge on any atom is 0.293 e. The first-order chi connectivity index (χ1) is 16.8. The Bertz CT molecular complexity index is 1340. The number of carbonyl (C=O) groups is 3. The number of rotatable bonds is 7. The van der Waals surface area contributed by atoms with Crippen molar-refractivity contribution in [1.29, 1.82) is 0 Å². The summed E-state index contributed by atoms with van der Waals surface area (Å²) in [5.74, 6) is -0.117. The summed E-state index contributed by atoms with van der Waals surface area (Å²) < 4.78 is 7.11. The number of nitrogens with one attached hydrogen (secondary N) is 1. The van der Waals surface area contributed by atoms with Gasteiger partial charge in [0.1, 0.15) is 5.75 Å². The summed E-state index contributed by atoms with van der Waals surface area (Å²) in [7, 11) is 0. The van der Waals surface area contributed by atoms with Crippen molar-refractivity contribution in [3.63, 3.8) is 0 Å². The summed E-state index contributed by atoms with van der Waals surface area (Å²) in [6.07, 6.45) is 1.67. The van der Waals surface area contributed by atoms with Crippen LogP contribution >= 0.6 is 43.6 Å². The van der Waals surface area contributed by atoms with Crippen molar-refractivity contribution in [2.75, 3.05) is 11.9 Å². The molecular formula is C26H20Br2N2O4S. The SMILES string of the molecule is Cc1cccc(NC(=O)COc2ccc(/C=C3\SC(=O)N(Cc4ccccc4Br)C3=O)cc2Br)c1. The van der Waals surface area contributed by atoms with E-state index in [2.05, 4.69) is 37.2 Å². The van der Waals surface area contributed by atoms with Crippen LogP contribution in [0.3, 0.4) is 0 Å². The molecule has 1 saturated heterocycles. The number of hydrogen-bond donors (Lipinski definition) is 1. The fourth-order valence-electron chi connectivity index (χ4n) is 3.37. The van der Waals surface area contributed by atoms with Crippen LogP contribution in [0.4, 0.5) is 10.5 Å². The highest BCUT2D eigenvalue weighted by Crippen LogP contribution is 2.35. The van der Waals surface area contributed by atoms with Crippen LogP contribution in [-0.4, -0.2) is 28.6 Å². The molecule has 3 amide bonds. The maximum atomic E-state index is 12.9. The lowest BCUT2D eigenvalue weighted by atomic mass is 10.2. The number of halogens is 2. The van der Waals surface area contributed by atoms with Gasteiger partial charge >= 0.3 is 0 Å². The first-order valence-corrected chi connectivity index (χ1v) is 13.0. The minimum Gasteiger partial charge on any atom is -0.483 e. The van der Waals surface area contributed by atoms with E-state index in [9.17, 15) is 14.4 Å². The summed E-state index contributed by atoms with van der Waals surface area (Å²) in [5, 5.41) is 2.49. The summed E-state index contributed by atoms with van der Waals surface area (Å²) in [6, 6.07) is 20.2. The number of anilines is 1. The largest absolute Gasteiger partial charge is 0.483 e. The Morgan fingerprint density at radius 2 is 1.83 bits per heavy atom. The number of imide groups is 1. The van der Waals surface area contributed by atoms with Crippen LogP contribution in [0.25, 0.3) is 6.08 Å². The number of carbonyl (C=O) groups excluding carboxylic acids is 3. The highest BCUT2D eigenvalue weighted by atomic mass is 79.9. The van der Waals surface area contributed by atoms with E-state index < -0.39 is 0 Å². The second-order valence-corrected chi connectivity index (χ2v) is 10.5. The summed E-state index contributed by atoms with van der Waals surface area (Å²) in [4.78, 5) is 39.1. The number of amides is 3. The molecule has 35 heavy (non-hydrogen) atoms. The zero-order valence-electron chi connectivity index (χ0n) is 18.6. The van der Waals surface area contributed by atoms with E-state index in [-0.39, 0.29) is 30.2 Å². The molecule has 0 unspecified atom stereocenters. The van der Waals surface area contributed by atoms with Crippen molar-refractivity contribution in [1.82, 2.24) is 4.90 Å². The van der Waals surface area contributed by atoms with Crippen molar-refractivity contribution in [3.05, 3.63) is 97.3 Å². The van der Waals surface area contributed by atoms with Crippen molar-refractivity contribution in [2.24, 2.45) is 0 Å². The van der Waals surface area contributed by atoms with E-state index >= 15 is 0 Å². The quantitative estimate of drug-likeness (QED) is 0.297. The Kier molecular flexibility index (Phi) is 8.10. The number of thioether (sulfide) groups is 1. The van der Waals surface area contributed by atoms with E-state index in [1.54, 1.807) is 24.3 Å². The standard InChI is InChI=1S/C26H20Br2N2O4S/c1-16-5-4-7-19(11-16)29-24(31)15-34-22-10-9-17(12-21(22)28)13-23-25(32)30(26(33)35-23)14-18-6-2-3-8-20(18)27/h2-13H,14-15H2,1H3,(H,29,31)/b23-13-. The van der Waals surface area contributed by atoms with Crippen LogP contribution in [-0.2, 0) is 16.1 Å². The lowest BCUT2D eigenvalue weighted by molar-refractivity contribution is -0.123. The molecule has 1 N–H and O–H groups in total. The fraction of sp³-hybridized carbons (Fsp3) is 0.115. The lowest BCUT2D eigenvalue weighted by Crippen LogP contribution is -2.27. The van der Waals surface area contributed by atoms with Crippen LogP contribution in [0.5, 0.6) is 5.75 Å². The Morgan fingerprint density at radius 1 is 1.03 bits per heavy atom. The molecule has 3 aromatic carbocycles. The van der Waals surface area contributed by atoms with E-state index in [0.717, 1.165) is 32.9 Å². The van der Waals surface area contributed by atoms with Gasteiger partial charge in [-0.25, -0.2) is 0 Å². The molecule has 0 radical (unpaired) electrons. The van der Waals surface area contributed by atoms with Gasteiger partial charge in [0.2, 0.25) is 0 Å². The Balaban J connectivity index is 1.39. The van der Waals surface area contributed by atoms with Crippen LogP contribution < -0.4 is 10.1 Å². The second-order valence-electron chi connectivity index (χ2n) is 7.76. The van der Waals surface area contributed by atoms with Crippen molar-refractivity contribution in [2.45, 2.75) is 13.5 Å². The monoisotopic (exact) mass is 614 g/mol. The van der Waals surface area contributed by atoms with Gasteiger partial charge in [0.15, 0.2) is 6.61 Å². The van der Waals surface area contributed by atoms with Gasteiger partial charge in [0, 0.05) is 10.2 Å². The van der Waals surface area contributed by atoms with E-state index in [0.29, 0.717) is 20.8 Å². The molecule has 0 spiro atoms. The number of nitrogens with zero attached hydrogens (tertiary/aromatic N) is 1. The molecule has 1 aliphatic rings. The highest BCUT2D eigenvalue weighted by molar-refractivity contribution is 9.10. The minimum absolute atomic E-state index is 0.153.